The summed E-state index contributed by atoms with van der Waals surface area (Å²) < 4.78 is 1.99. The summed E-state index contributed by atoms with van der Waals surface area (Å²) >= 11 is 3.12. The number of thioether (sulfide) groups is 1. The van der Waals surface area contributed by atoms with E-state index in [-0.39, 0.29) is 5.91 Å². The van der Waals surface area contributed by atoms with Gasteiger partial charge in [0.1, 0.15) is 0 Å². The minimum Gasteiger partial charge on any atom is -0.345 e. The van der Waals surface area contributed by atoms with Crippen LogP contribution in [0.4, 0.5) is 0 Å². The number of carbonyl (C=O) groups is 1. The minimum atomic E-state index is -0.154. The highest BCUT2D eigenvalue weighted by atomic mass is 32.2. The van der Waals surface area contributed by atoms with Crippen LogP contribution in [0.5, 0.6) is 0 Å². The van der Waals surface area contributed by atoms with Crippen LogP contribution in [-0.4, -0.2) is 26.9 Å². The Kier molecular flexibility index (Phi) is 5.67. The largest absolute Gasteiger partial charge is 0.345 e. The highest BCUT2D eigenvalue weighted by Crippen LogP contribution is 2.22. The number of para-hydroxylation sites is 1. The van der Waals surface area contributed by atoms with Crippen LogP contribution in [0.25, 0.3) is 11.8 Å². The van der Waals surface area contributed by atoms with E-state index in [9.17, 15) is 4.79 Å². The zero-order valence-corrected chi connectivity index (χ0v) is 15.6. The standard InChI is InChI=1S/C18H18N4OS2/c1-13-6-3-4-8-15(13)22-16(20-21-18(22)24-2)12-19-17(23)10-9-14-7-5-11-25-14/h3-11H,12H2,1-2H3,(H,19,23). The van der Waals surface area contributed by atoms with Crippen LogP contribution in [0.3, 0.4) is 0 Å². The maximum absolute atomic E-state index is 12.0. The molecule has 0 spiro atoms. The van der Waals surface area contributed by atoms with Crippen molar-refractivity contribution in [1.82, 2.24) is 20.1 Å². The third kappa shape index (κ3) is 4.18. The quantitative estimate of drug-likeness (QED) is 0.531. The first-order valence-electron chi connectivity index (χ1n) is 7.72. The lowest BCUT2D eigenvalue weighted by Gasteiger charge is -2.12. The van der Waals surface area contributed by atoms with Crippen molar-refractivity contribution in [3.63, 3.8) is 0 Å². The fourth-order valence-electron chi connectivity index (χ4n) is 2.37. The van der Waals surface area contributed by atoms with Crippen molar-refractivity contribution in [3.8, 4) is 5.69 Å². The van der Waals surface area contributed by atoms with Gasteiger partial charge in [-0.25, -0.2) is 0 Å². The number of aromatic nitrogens is 3. The molecule has 2 heterocycles. The van der Waals surface area contributed by atoms with Crippen LogP contribution < -0.4 is 5.32 Å². The number of carbonyl (C=O) groups excluding carboxylic acids is 1. The SMILES string of the molecule is CSc1nnc(CNC(=O)C=Cc2cccs2)n1-c1ccccc1C. The lowest BCUT2D eigenvalue weighted by molar-refractivity contribution is -0.116. The lowest BCUT2D eigenvalue weighted by atomic mass is 10.2. The van der Waals surface area contributed by atoms with Crippen molar-refractivity contribution in [2.75, 3.05) is 6.26 Å². The number of hydrogen-bond donors (Lipinski definition) is 1. The molecule has 1 N–H and O–H groups in total. The molecule has 3 aromatic rings. The number of benzene rings is 1. The van der Waals surface area contributed by atoms with Gasteiger partial charge in [-0.15, -0.1) is 21.5 Å². The summed E-state index contributed by atoms with van der Waals surface area (Å²) in [6.45, 7) is 2.36. The summed E-state index contributed by atoms with van der Waals surface area (Å²) in [5, 5.41) is 14.1. The summed E-state index contributed by atoms with van der Waals surface area (Å²) in [5.74, 6) is 0.551. The van der Waals surface area contributed by atoms with Crippen LogP contribution in [0.15, 0.2) is 53.0 Å². The third-order valence-corrected chi connectivity index (χ3v) is 5.07. The molecule has 7 heteroatoms. The molecule has 0 aliphatic rings. The molecule has 0 atom stereocenters. The van der Waals surface area contributed by atoms with Gasteiger partial charge in [-0.3, -0.25) is 9.36 Å². The van der Waals surface area contributed by atoms with Gasteiger partial charge in [0.25, 0.3) is 0 Å². The second-order valence-corrected chi connectivity index (χ2v) is 7.04. The topological polar surface area (TPSA) is 59.8 Å². The predicted octanol–water partition coefficient (Wildman–Crippen LogP) is 3.69. The van der Waals surface area contributed by atoms with E-state index in [0.29, 0.717) is 12.4 Å². The Labute approximate surface area is 154 Å². The first-order chi connectivity index (χ1) is 12.2. The van der Waals surface area contributed by atoms with E-state index in [4.69, 9.17) is 0 Å². The van der Waals surface area contributed by atoms with Crippen molar-refractivity contribution in [3.05, 3.63) is 64.1 Å². The average Bonchev–Trinajstić information content (AvgIpc) is 3.28. The fourth-order valence-corrected chi connectivity index (χ4v) is 3.50. The molecule has 128 valence electrons. The van der Waals surface area contributed by atoms with Crippen LogP contribution in [0, 0.1) is 6.92 Å². The van der Waals surface area contributed by atoms with Gasteiger partial charge in [0.2, 0.25) is 5.91 Å². The van der Waals surface area contributed by atoms with Gasteiger partial charge in [0.05, 0.1) is 12.2 Å². The zero-order valence-electron chi connectivity index (χ0n) is 14.0. The van der Waals surface area contributed by atoms with Gasteiger partial charge in [-0.1, -0.05) is 36.0 Å². The molecule has 3 rings (SSSR count). The number of amides is 1. The molecule has 1 aromatic carbocycles. The monoisotopic (exact) mass is 370 g/mol. The molecule has 0 aliphatic heterocycles. The number of thiophene rings is 1. The molecule has 0 unspecified atom stereocenters. The Morgan fingerprint density at radius 1 is 1.28 bits per heavy atom. The van der Waals surface area contributed by atoms with Crippen LogP contribution in [0.1, 0.15) is 16.3 Å². The molecule has 0 bridgehead atoms. The van der Waals surface area contributed by atoms with E-state index in [1.54, 1.807) is 17.4 Å². The van der Waals surface area contributed by atoms with E-state index in [0.717, 1.165) is 21.3 Å². The Balaban J connectivity index is 1.76. The summed E-state index contributed by atoms with van der Waals surface area (Å²) in [6.07, 6.45) is 5.31. The van der Waals surface area contributed by atoms with Gasteiger partial charge >= 0.3 is 0 Å². The molecular formula is C18H18N4OS2. The van der Waals surface area contributed by atoms with E-state index in [1.807, 2.05) is 59.5 Å². The van der Waals surface area contributed by atoms with Gasteiger partial charge in [-0.2, -0.15) is 0 Å². The summed E-state index contributed by atoms with van der Waals surface area (Å²) in [5.41, 5.74) is 2.15. The molecule has 0 saturated heterocycles. The first kappa shape index (κ1) is 17.4. The van der Waals surface area contributed by atoms with E-state index < -0.39 is 0 Å². The highest BCUT2D eigenvalue weighted by molar-refractivity contribution is 7.98. The van der Waals surface area contributed by atoms with Crippen molar-refractivity contribution in [2.45, 2.75) is 18.6 Å². The fraction of sp³-hybridized carbons (Fsp3) is 0.167. The average molecular weight is 371 g/mol. The van der Waals surface area contributed by atoms with Crippen molar-refractivity contribution >= 4 is 35.1 Å². The molecule has 1 amide bonds. The smallest absolute Gasteiger partial charge is 0.244 e. The molecule has 0 radical (unpaired) electrons. The number of aryl methyl sites for hydroxylation is 1. The number of nitrogens with one attached hydrogen (secondary N) is 1. The van der Waals surface area contributed by atoms with E-state index in [1.165, 1.54) is 17.8 Å². The summed E-state index contributed by atoms with van der Waals surface area (Å²) in [6, 6.07) is 12.0. The summed E-state index contributed by atoms with van der Waals surface area (Å²) in [4.78, 5) is 13.1. The molecular weight excluding hydrogens is 352 g/mol. The van der Waals surface area contributed by atoms with Gasteiger partial charge < -0.3 is 5.32 Å². The minimum absolute atomic E-state index is 0.154. The number of nitrogens with zero attached hydrogens (tertiary/aromatic N) is 3. The molecule has 0 fully saturated rings. The maximum atomic E-state index is 12.0. The van der Waals surface area contributed by atoms with E-state index >= 15 is 0 Å². The van der Waals surface area contributed by atoms with Crippen molar-refractivity contribution in [2.24, 2.45) is 0 Å². The van der Waals surface area contributed by atoms with E-state index in [2.05, 4.69) is 15.5 Å². The third-order valence-electron chi connectivity index (χ3n) is 3.60. The van der Waals surface area contributed by atoms with Crippen LogP contribution in [-0.2, 0) is 11.3 Å². The van der Waals surface area contributed by atoms with Crippen LogP contribution >= 0.6 is 23.1 Å². The van der Waals surface area contributed by atoms with Crippen LogP contribution in [0.2, 0.25) is 0 Å². The molecule has 25 heavy (non-hydrogen) atoms. The Morgan fingerprint density at radius 2 is 2.12 bits per heavy atom. The zero-order chi connectivity index (χ0) is 17.6. The first-order valence-corrected chi connectivity index (χ1v) is 9.83. The Bertz CT molecular complexity index is 884. The highest BCUT2D eigenvalue weighted by Gasteiger charge is 2.15. The summed E-state index contributed by atoms with van der Waals surface area (Å²) in [7, 11) is 0. The molecule has 0 saturated carbocycles. The second-order valence-electron chi connectivity index (χ2n) is 5.29. The van der Waals surface area contributed by atoms with Gasteiger partial charge in [-0.05, 0) is 42.3 Å². The normalized spacial score (nSPS) is 11.1. The molecule has 2 aromatic heterocycles. The van der Waals surface area contributed by atoms with Crippen molar-refractivity contribution < 1.29 is 4.79 Å². The number of rotatable bonds is 6. The molecule has 0 aliphatic carbocycles. The number of hydrogen-bond acceptors (Lipinski definition) is 5. The second kappa shape index (κ2) is 8.13. The maximum Gasteiger partial charge on any atom is 0.244 e. The predicted molar refractivity (Wildman–Crippen MR) is 103 cm³/mol. The lowest BCUT2D eigenvalue weighted by Crippen LogP contribution is -2.22. The van der Waals surface area contributed by atoms with Gasteiger partial charge in [0.15, 0.2) is 11.0 Å². The Morgan fingerprint density at radius 3 is 2.84 bits per heavy atom. The van der Waals surface area contributed by atoms with Crippen molar-refractivity contribution in [1.29, 1.82) is 0 Å². The molecule has 5 nitrogen and oxygen atoms in total. The Hall–Kier alpha value is -2.38. The van der Waals surface area contributed by atoms with Gasteiger partial charge in [0, 0.05) is 11.0 Å².